The molecule has 152 valence electrons. The Bertz CT molecular complexity index is 1020. The second kappa shape index (κ2) is 7.50. The predicted molar refractivity (Wildman–Crippen MR) is 112 cm³/mol. The molecule has 0 bridgehead atoms. The van der Waals surface area contributed by atoms with Crippen molar-refractivity contribution in [3.8, 4) is 16.8 Å². The Morgan fingerprint density at radius 2 is 1.62 bits per heavy atom. The number of benzene rings is 2. The van der Waals surface area contributed by atoms with Gasteiger partial charge in [0, 0.05) is 17.4 Å². The van der Waals surface area contributed by atoms with Crippen molar-refractivity contribution in [2.24, 2.45) is 5.41 Å². The van der Waals surface area contributed by atoms with Crippen molar-refractivity contribution in [2.45, 2.75) is 53.4 Å². The average molecular weight is 394 g/mol. The predicted octanol–water partition coefficient (Wildman–Crippen LogP) is 5.38. The molecule has 1 heterocycles. The van der Waals surface area contributed by atoms with E-state index in [1.54, 1.807) is 16.8 Å². The van der Waals surface area contributed by atoms with E-state index >= 15 is 0 Å². The van der Waals surface area contributed by atoms with Crippen LogP contribution in [0.3, 0.4) is 0 Å². The first-order chi connectivity index (χ1) is 13.4. The van der Waals surface area contributed by atoms with Crippen LogP contribution in [0.15, 0.2) is 42.5 Å². The number of nitrogens with zero attached hydrogens (tertiary/aromatic N) is 4. The van der Waals surface area contributed by atoms with Crippen LogP contribution in [0.1, 0.15) is 64.1 Å². The van der Waals surface area contributed by atoms with E-state index in [1.165, 1.54) is 12.1 Å². The van der Waals surface area contributed by atoms with Crippen LogP contribution in [-0.2, 0) is 5.41 Å². The number of hydrogen-bond acceptors (Lipinski definition) is 4. The Kier molecular flexibility index (Phi) is 5.39. The Labute approximate surface area is 171 Å². The van der Waals surface area contributed by atoms with E-state index in [0.29, 0.717) is 23.5 Å². The van der Waals surface area contributed by atoms with E-state index in [1.807, 2.05) is 59.7 Å². The first-order valence-corrected chi connectivity index (χ1v) is 9.67. The third-order valence-electron chi connectivity index (χ3n) is 4.49. The van der Waals surface area contributed by atoms with E-state index < -0.39 is 0 Å². The topological polar surface area (TPSA) is 60.7 Å². The average Bonchev–Trinajstić information content (AvgIpc) is 3.11. The summed E-state index contributed by atoms with van der Waals surface area (Å²) in [6, 6.07) is 11.8. The van der Waals surface area contributed by atoms with Crippen molar-refractivity contribution in [1.82, 2.24) is 20.2 Å². The summed E-state index contributed by atoms with van der Waals surface area (Å²) in [4.78, 5) is 13.0. The molecule has 0 aliphatic heterocycles. The highest BCUT2D eigenvalue weighted by Gasteiger charge is 2.24. The van der Waals surface area contributed by atoms with Gasteiger partial charge in [0.05, 0.1) is 5.69 Å². The fourth-order valence-corrected chi connectivity index (χ4v) is 3.12. The van der Waals surface area contributed by atoms with E-state index in [2.05, 4.69) is 15.5 Å². The SMILES string of the molecule is CC(C)(C)CC(=O)c1cc(-c2ccc(F)cc2)cc(-n2nnnc2C(C)(C)C)c1. The van der Waals surface area contributed by atoms with Gasteiger partial charge in [-0.2, -0.15) is 4.68 Å². The van der Waals surface area contributed by atoms with Crippen molar-refractivity contribution >= 4 is 5.78 Å². The Morgan fingerprint density at radius 1 is 0.966 bits per heavy atom. The molecular weight excluding hydrogens is 367 g/mol. The summed E-state index contributed by atoms with van der Waals surface area (Å²) in [6.07, 6.45) is 0.418. The molecule has 5 nitrogen and oxygen atoms in total. The minimum atomic E-state index is -0.301. The second-order valence-electron chi connectivity index (χ2n) is 9.60. The number of Topliss-reactive ketones (excluding diaryl/α,β-unsaturated/α-hetero) is 1. The van der Waals surface area contributed by atoms with Gasteiger partial charge in [-0.15, -0.1) is 5.10 Å². The number of halogens is 1. The fraction of sp³-hybridized carbons (Fsp3) is 0.391. The number of hydrogen-bond donors (Lipinski definition) is 0. The summed E-state index contributed by atoms with van der Waals surface area (Å²) in [5.41, 5.74) is 2.53. The third kappa shape index (κ3) is 4.94. The normalized spacial score (nSPS) is 12.2. The molecule has 29 heavy (non-hydrogen) atoms. The molecule has 0 amide bonds. The van der Waals surface area contributed by atoms with Crippen molar-refractivity contribution in [2.75, 3.05) is 0 Å². The lowest BCUT2D eigenvalue weighted by Gasteiger charge is -2.19. The van der Waals surface area contributed by atoms with E-state index in [-0.39, 0.29) is 22.4 Å². The van der Waals surface area contributed by atoms with E-state index in [4.69, 9.17) is 0 Å². The summed E-state index contributed by atoms with van der Waals surface area (Å²) in [7, 11) is 0. The molecular formula is C23H27FN4O. The zero-order valence-corrected chi connectivity index (χ0v) is 17.8. The molecule has 0 saturated carbocycles. The molecule has 0 fully saturated rings. The molecule has 0 spiro atoms. The van der Waals surface area contributed by atoms with Crippen LogP contribution in [0, 0.1) is 11.2 Å². The minimum absolute atomic E-state index is 0.0492. The van der Waals surface area contributed by atoms with Crippen molar-refractivity contribution in [3.63, 3.8) is 0 Å². The smallest absolute Gasteiger partial charge is 0.163 e. The quantitative estimate of drug-likeness (QED) is 0.557. The van der Waals surface area contributed by atoms with Crippen LogP contribution < -0.4 is 0 Å². The lowest BCUT2D eigenvalue weighted by Crippen LogP contribution is -2.19. The van der Waals surface area contributed by atoms with Gasteiger partial charge in [-0.25, -0.2) is 4.39 Å². The van der Waals surface area contributed by atoms with Gasteiger partial charge in [0.2, 0.25) is 0 Å². The highest BCUT2D eigenvalue weighted by Crippen LogP contribution is 2.29. The number of carbonyl (C=O) groups excluding carboxylic acids is 1. The molecule has 2 aromatic carbocycles. The van der Waals surface area contributed by atoms with Crippen molar-refractivity contribution in [3.05, 3.63) is 59.7 Å². The maximum atomic E-state index is 13.4. The number of aromatic nitrogens is 4. The summed E-state index contributed by atoms with van der Waals surface area (Å²) in [6.45, 7) is 12.2. The lowest BCUT2D eigenvalue weighted by molar-refractivity contribution is 0.0940. The van der Waals surface area contributed by atoms with Gasteiger partial charge in [-0.3, -0.25) is 4.79 Å². The summed E-state index contributed by atoms with van der Waals surface area (Å²) in [5, 5.41) is 12.2. The number of rotatable bonds is 4. The standard InChI is InChI=1S/C23H27FN4O/c1-22(2,3)14-20(29)17-11-16(15-7-9-18(24)10-8-15)12-19(13-17)28-21(23(4,5)6)25-26-27-28/h7-13H,14H2,1-6H3. The van der Waals surface area contributed by atoms with Crippen LogP contribution in [0.25, 0.3) is 16.8 Å². The molecule has 6 heteroatoms. The minimum Gasteiger partial charge on any atom is -0.294 e. The van der Waals surface area contributed by atoms with Crippen molar-refractivity contribution in [1.29, 1.82) is 0 Å². The largest absolute Gasteiger partial charge is 0.294 e. The summed E-state index contributed by atoms with van der Waals surface area (Å²) >= 11 is 0. The Morgan fingerprint density at radius 3 is 2.21 bits per heavy atom. The maximum absolute atomic E-state index is 13.4. The zero-order valence-electron chi connectivity index (χ0n) is 17.8. The zero-order chi connectivity index (χ0) is 21.4. The molecule has 3 rings (SSSR count). The van der Waals surface area contributed by atoms with Gasteiger partial charge in [-0.1, -0.05) is 53.7 Å². The van der Waals surface area contributed by atoms with Crippen LogP contribution in [0.4, 0.5) is 4.39 Å². The number of carbonyl (C=O) groups is 1. The third-order valence-corrected chi connectivity index (χ3v) is 4.49. The first-order valence-electron chi connectivity index (χ1n) is 9.67. The highest BCUT2D eigenvalue weighted by molar-refractivity contribution is 5.98. The first kappa shape index (κ1) is 20.8. The molecule has 3 aromatic rings. The highest BCUT2D eigenvalue weighted by atomic mass is 19.1. The van der Waals surface area contributed by atoms with Crippen LogP contribution in [-0.4, -0.2) is 26.0 Å². The van der Waals surface area contributed by atoms with Crippen LogP contribution in [0.2, 0.25) is 0 Å². The van der Waals surface area contributed by atoms with E-state index in [0.717, 1.165) is 11.1 Å². The molecule has 0 N–H and O–H groups in total. The Hall–Kier alpha value is -2.89. The second-order valence-corrected chi connectivity index (χ2v) is 9.60. The monoisotopic (exact) mass is 394 g/mol. The van der Waals surface area contributed by atoms with Gasteiger partial charge < -0.3 is 0 Å². The summed E-state index contributed by atoms with van der Waals surface area (Å²) < 4.78 is 15.1. The molecule has 0 atom stereocenters. The van der Waals surface area contributed by atoms with Crippen LogP contribution >= 0.6 is 0 Å². The van der Waals surface area contributed by atoms with Gasteiger partial charge in [0.15, 0.2) is 11.6 Å². The molecule has 0 aliphatic carbocycles. The van der Waals surface area contributed by atoms with Gasteiger partial charge in [0.25, 0.3) is 0 Å². The molecule has 0 saturated heterocycles. The van der Waals surface area contributed by atoms with Crippen LogP contribution in [0.5, 0.6) is 0 Å². The van der Waals surface area contributed by atoms with Gasteiger partial charge >= 0.3 is 0 Å². The molecule has 1 aromatic heterocycles. The van der Waals surface area contributed by atoms with Gasteiger partial charge in [-0.05, 0) is 57.3 Å². The molecule has 0 aliphatic rings. The van der Waals surface area contributed by atoms with Crippen molar-refractivity contribution < 1.29 is 9.18 Å². The number of ketones is 1. The Balaban J connectivity index is 2.17. The molecule has 0 unspecified atom stereocenters. The number of tetrazole rings is 1. The fourth-order valence-electron chi connectivity index (χ4n) is 3.12. The molecule has 0 radical (unpaired) electrons. The van der Waals surface area contributed by atoms with E-state index in [9.17, 15) is 9.18 Å². The lowest BCUT2D eigenvalue weighted by atomic mass is 9.87. The maximum Gasteiger partial charge on any atom is 0.163 e. The summed E-state index contributed by atoms with van der Waals surface area (Å²) in [5.74, 6) is 0.445. The van der Waals surface area contributed by atoms with Gasteiger partial charge in [0.1, 0.15) is 5.82 Å².